The fraction of sp³-hybridized carbons (Fsp3) is 0.500. The monoisotopic (exact) mass is 327 g/mol. The van der Waals surface area contributed by atoms with Crippen LogP contribution in [0.5, 0.6) is 0 Å². The minimum atomic E-state index is 0.265. The van der Waals surface area contributed by atoms with Gasteiger partial charge in [-0.3, -0.25) is 0 Å². The zero-order chi connectivity index (χ0) is 16.4. The quantitative estimate of drug-likeness (QED) is 0.891. The average molecular weight is 327 g/mol. The molecule has 0 bridgehead atoms. The molecule has 0 radical (unpaired) electrons. The molecule has 0 spiro atoms. The predicted octanol–water partition coefficient (Wildman–Crippen LogP) is 0.953. The van der Waals surface area contributed by atoms with E-state index in [1.165, 1.54) is 12.8 Å². The van der Waals surface area contributed by atoms with Gasteiger partial charge in [0.15, 0.2) is 0 Å². The summed E-state index contributed by atoms with van der Waals surface area (Å²) >= 11 is 0. The Morgan fingerprint density at radius 1 is 0.917 bits per heavy atom. The largest absolute Gasteiger partial charge is 0.378 e. The van der Waals surface area contributed by atoms with Gasteiger partial charge in [0.2, 0.25) is 11.9 Å². The lowest BCUT2D eigenvalue weighted by atomic mass is 10.2. The van der Waals surface area contributed by atoms with Gasteiger partial charge in [0.1, 0.15) is 5.82 Å². The molecule has 2 N–H and O–H groups in total. The van der Waals surface area contributed by atoms with Crippen LogP contribution in [0.25, 0.3) is 11.3 Å². The summed E-state index contributed by atoms with van der Waals surface area (Å²) in [5.41, 5.74) is 7.27. The van der Waals surface area contributed by atoms with Gasteiger partial charge in [0.05, 0.1) is 18.9 Å². The normalized spacial score (nSPS) is 18.2. The Labute approximate surface area is 140 Å². The lowest BCUT2D eigenvalue weighted by Gasteiger charge is -2.28. The molecule has 0 saturated carbocycles. The van der Waals surface area contributed by atoms with Crippen molar-refractivity contribution in [2.45, 2.75) is 12.8 Å². The third-order valence-electron chi connectivity index (χ3n) is 4.39. The van der Waals surface area contributed by atoms with Crippen LogP contribution in [0.2, 0.25) is 0 Å². The van der Waals surface area contributed by atoms with Crippen molar-refractivity contribution < 1.29 is 4.74 Å². The SMILES string of the molecule is Nc1ncc(-c2cc(N3CCCC3)nc(N3CCOCC3)n2)cn1. The van der Waals surface area contributed by atoms with Gasteiger partial charge in [0.25, 0.3) is 0 Å². The summed E-state index contributed by atoms with van der Waals surface area (Å²) in [6.45, 7) is 5.10. The summed E-state index contributed by atoms with van der Waals surface area (Å²) in [4.78, 5) is 22.2. The Balaban J connectivity index is 1.73. The van der Waals surface area contributed by atoms with Crippen molar-refractivity contribution in [3.63, 3.8) is 0 Å². The minimum absolute atomic E-state index is 0.265. The first kappa shape index (κ1) is 15.1. The van der Waals surface area contributed by atoms with Crippen molar-refractivity contribution in [2.75, 3.05) is 54.9 Å². The molecule has 4 heterocycles. The first-order chi connectivity index (χ1) is 11.8. The maximum Gasteiger partial charge on any atom is 0.228 e. The molecule has 0 aromatic carbocycles. The van der Waals surface area contributed by atoms with E-state index in [2.05, 4.69) is 19.8 Å². The Bertz CT molecular complexity index is 694. The Morgan fingerprint density at radius 2 is 1.62 bits per heavy atom. The standard InChI is InChI=1S/C16H21N7O/c17-15-18-10-12(11-19-15)13-9-14(22-3-1-2-4-22)21-16(20-13)23-5-7-24-8-6-23/h9-11H,1-8H2,(H2,17,18,19). The van der Waals surface area contributed by atoms with E-state index in [1.54, 1.807) is 12.4 Å². The van der Waals surface area contributed by atoms with Crippen molar-refractivity contribution in [1.29, 1.82) is 0 Å². The number of nitrogens with zero attached hydrogens (tertiary/aromatic N) is 6. The summed E-state index contributed by atoms with van der Waals surface area (Å²) in [6.07, 6.45) is 5.83. The van der Waals surface area contributed by atoms with Crippen LogP contribution in [0, 0.1) is 0 Å². The van der Waals surface area contributed by atoms with E-state index in [0.717, 1.165) is 49.2 Å². The number of hydrogen-bond acceptors (Lipinski definition) is 8. The number of anilines is 3. The first-order valence-electron chi connectivity index (χ1n) is 8.34. The summed E-state index contributed by atoms with van der Waals surface area (Å²) < 4.78 is 5.44. The maximum absolute atomic E-state index is 5.60. The first-order valence-corrected chi connectivity index (χ1v) is 8.34. The van der Waals surface area contributed by atoms with E-state index in [9.17, 15) is 0 Å². The van der Waals surface area contributed by atoms with Gasteiger partial charge in [-0.05, 0) is 12.8 Å². The molecule has 4 rings (SSSR count). The molecule has 24 heavy (non-hydrogen) atoms. The summed E-state index contributed by atoms with van der Waals surface area (Å²) in [5, 5.41) is 0. The summed E-state index contributed by atoms with van der Waals surface area (Å²) in [7, 11) is 0. The number of morpholine rings is 1. The van der Waals surface area contributed by atoms with E-state index in [1.807, 2.05) is 6.07 Å². The van der Waals surface area contributed by atoms with Gasteiger partial charge in [0, 0.05) is 50.2 Å². The van der Waals surface area contributed by atoms with Gasteiger partial charge in [-0.15, -0.1) is 0 Å². The van der Waals surface area contributed by atoms with Crippen LogP contribution in [-0.2, 0) is 4.74 Å². The van der Waals surface area contributed by atoms with Crippen LogP contribution >= 0.6 is 0 Å². The van der Waals surface area contributed by atoms with Crippen molar-refractivity contribution in [3.8, 4) is 11.3 Å². The van der Waals surface area contributed by atoms with E-state index in [-0.39, 0.29) is 5.95 Å². The van der Waals surface area contributed by atoms with Gasteiger partial charge >= 0.3 is 0 Å². The van der Waals surface area contributed by atoms with Crippen molar-refractivity contribution in [1.82, 2.24) is 19.9 Å². The second-order valence-electron chi connectivity index (χ2n) is 6.03. The molecular formula is C16H21N7O. The van der Waals surface area contributed by atoms with E-state index >= 15 is 0 Å². The highest BCUT2D eigenvalue weighted by Crippen LogP contribution is 2.26. The number of rotatable bonds is 3. The fourth-order valence-corrected chi connectivity index (χ4v) is 3.05. The highest BCUT2D eigenvalue weighted by atomic mass is 16.5. The predicted molar refractivity (Wildman–Crippen MR) is 91.9 cm³/mol. The summed E-state index contributed by atoms with van der Waals surface area (Å²) in [6, 6.07) is 2.02. The lowest BCUT2D eigenvalue weighted by Crippen LogP contribution is -2.37. The fourth-order valence-electron chi connectivity index (χ4n) is 3.05. The molecule has 0 unspecified atom stereocenters. The molecule has 2 aliphatic rings. The Kier molecular flexibility index (Phi) is 4.12. The smallest absolute Gasteiger partial charge is 0.228 e. The minimum Gasteiger partial charge on any atom is -0.378 e. The summed E-state index contributed by atoms with van der Waals surface area (Å²) in [5.74, 6) is 1.98. The molecule has 8 nitrogen and oxygen atoms in total. The molecule has 2 fully saturated rings. The van der Waals surface area contributed by atoms with E-state index in [0.29, 0.717) is 13.2 Å². The molecule has 0 atom stereocenters. The van der Waals surface area contributed by atoms with Crippen LogP contribution < -0.4 is 15.5 Å². The number of aromatic nitrogens is 4. The van der Waals surface area contributed by atoms with Crippen LogP contribution in [-0.4, -0.2) is 59.3 Å². The van der Waals surface area contributed by atoms with Crippen molar-refractivity contribution in [3.05, 3.63) is 18.5 Å². The third kappa shape index (κ3) is 3.09. The van der Waals surface area contributed by atoms with Crippen LogP contribution in [0.3, 0.4) is 0 Å². The Morgan fingerprint density at radius 3 is 2.33 bits per heavy atom. The molecule has 126 valence electrons. The Hall–Kier alpha value is -2.48. The molecule has 0 aliphatic carbocycles. The number of hydrogen-bond donors (Lipinski definition) is 1. The zero-order valence-corrected chi connectivity index (χ0v) is 13.6. The topological polar surface area (TPSA) is 93.3 Å². The molecule has 2 aromatic heterocycles. The molecule has 2 aromatic rings. The maximum atomic E-state index is 5.60. The number of nitrogen functional groups attached to an aromatic ring is 1. The van der Waals surface area contributed by atoms with Crippen molar-refractivity contribution >= 4 is 17.7 Å². The second-order valence-corrected chi connectivity index (χ2v) is 6.03. The number of ether oxygens (including phenoxy) is 1. The van der Waals surface area contributed by atoms with Gasteiger partial charge in [-0.1, -0.05) is 0 Å². The van der Waals surface area contributed by atoms with Crippen LogP contribution in [0.15, 0.2) is 18.5 Å². The van der Waals surface area contributed by atoms with Crippen LogP contribution in [0.1, 0.15) is 12.8 Å². The average Bonchev–Trinajstić information content (AvgIpc) is 3.17. The van der Waals surface area contributed by atoms with Gasteiger partial charge < -0.3 is 20.3 Å². The second kappa shape index (κ2) is 6.56. The molecule has 8 heteroatoms. The van der Waals surface area contributed by atoms with Gasteiger partial charge in [-0.25, -0.2) is 15.0 Å². The zero-order valence-electron chi connectivity index (χ0n) is 13.6. The molecular weight excluding hydrogens is 306 g/mol. The van der Waals surface area contributed by atoms with E-state index < -0.39 is 0 Å². The van der Waals surface area contributed by atoms with Crippen LogP contribution in [0.4, 0.5) is 17.7 Å². The van der Waals surface area contributed by atoms with Crippen molar-refractivity contribution in [2.24, 2.45) is 0 Å². The third-order valence-corrected chi connectivity index (χ3v) is 4.39. The molecule has 0 amide bonds. The highest BCUT2D eigenvalue weighted by molar-refractivity contribution is 5.64. The molecule has 2 saturated heterocycles. The van der Waals surface area contributed by atoms with E-state index in [4.69, 9.17) is 20.4 Å². The number of nitrogens with two attached hydrogens (primary N) is 1. The van der Waals surface area contributed by atoms with Gasteiger partial charge in [-0.2, -0.15) is 4.98 Å². The highest BCUT2D eigenvalue weighted by Gasteiger charge is 2.20. The molecule has 2 aliphatic heterocycles. The lowest BCUT2D eigenvalue weighted by molar-refractivity contribution is 0.122.